The van der Waals surface area contributed by atoms with Crippen LogP contribution in [0.2, 0.25) is 0 Å². The Morgan fingerprint density at radius 2 is 2.07 bits per heavy atom. The van der Waals surface area contributed by atoms with Crippen LogP contribution in [0.1, 0.15) is 31.0 Å². The lowest BCUT2D eigenvalue weighted by Crippen LogP contribution is -2.39. The molecule has 5 nitrogen and oxygen atoms in total. The molecule has 0 aliphatic carbocycles. The molecule has 1 aliphatic heterocycles. The van der Waals surface area contributed by atoms with Gasteiger partial charge in [-0.25, -0.2) is 9.79 Å². The zero-order chi connectivity index (χ0) is 19.7. The van der Waals surface area contributed by atoms with Gasteiger partial charge in [0.15, 0.2) is 4.80 Å². The van der Waals surface area contributed by atoms with E-state index in [0.29, 0.717) is 20.6 Å². The van der Waals surface area contributed by atoms with Gasteiger partial charge in [0.1, 0.15) is 0 Å². The largest absolute Gasteiger partial charge is 0.463 e. The van der Waals surface area contributed by atoms with Gasteiger partial charge < -0.3 is 4.74 Å². The Bertz CT molecular complexity index is 1220. The highest BCUT2D eigenvalue weighted by molar-refractivity contribution is 7.08. The molecule has 1 atom stereocenters. The monoisotopic (exact) mass is 410 g/mol. The Morgan fingerprint density at radius 1 is 1.29 bits per heavy atom. The third kappa shape index (κ3) is 3.27. The Balaban J connectivity index is 1.97. The van der Waals surface area contributed by atoms with Crippen molar-refractivity contribution in [3.05, 3.63) is 89.2 Å². The van der Waals surface area contributed by atoms with E-state index in [1.54, 1.807) is 29.8 Å². The van der Waals surface area contributed by atoms with E-state index in [1.165, 1.54) is 11.3 Å². The first kappa shape index (κ1) is 18.6. The van der Waals surface area contributed by atoms with Crippen molar-refractivity contribution in [2.24, 2.45) is 4.99 Å². The summed E-state index contributed by atoms with van der Waals surface area (Å²) < 4.78 is 7.48. The maximum Gasteiger partial charge on any atom is 0.338 e. The van der Waals surface area contributed by atoms with Gasteiger partial charge in [-0.15, -0.1) is 0 Å². The van der Waals surface area contributed by atoms with Crippen LogP contribution >= 0.6 is 22.7 Å². The molecule has 0 spiro atoms. The molecule has 2 aromatic heterocycles. The van der Waals surface area contributed by atoms with Crippen LogP contribution in [0.25, 0.3) is 6.08 Å². The summed E-state index contributed by atoms with van der Waals surface area (Å²) in [5.41, 5.74) is 2.66. The van der Waals surface area contributed by atoms with Crippen molar-refractivity contribution in [1.82, 2.24) is 4.57 Å². The lowest BCUT2D eigenvalue weighted by molar-refractivity contribution is -0.139. The van der Waals surface area contributed by atoms with Crippen LogP contribution < -0.4 is 14.9 Å². The van der Waals surface area contributed by atoms with Crippen LogP contribution in [-0.4, -0.2) is 17.1 Å². The number of thiazole rings is 1. The number of allylic oxidation sites excluding steroid dienone is 1. The highest BCUT2D eigenvalue weighted by Gasteiger charge is 2.33. The molecule has 0 amide bonds. The van der Waals surface area contributed by atoms with E-state index in [-0.39, 0.29) is 12.2 Å². The van der Waals surface area contributed by atoms with Gasteiger partial charge in [-0.2, -0.15) is 11.3 Å². The molecule has 4 rings (SSSR count). The number of aromatic nitrogens is 1. The van der Waals surface area contributed by atoms with E-state index in [1.807, 2.05) is 53.2 Å². The van der Waals surface area contributed by atoms with Crippen LogP contribution in [-0.2, 0) is 9.53 Å². The molecule has 3 aromatic rings. The Kier molecular flexibility index (Phi) is 5.11. The quantitative estimate of drug-likeness (QED) is 0.622. The molecular weight excluding hydrogens is 392 g/mol. The SMILES string of the molecule is CCOC(=O)C1=C(C)N=c2s/c(=C/c3ccsc3)c(=O)n2C1c1ccccc1. The van der Waals surface area contributed by atoms with Crippen LogP contribution in [0, 0.1) is 0 Å². The van der Waals surface area contributed by atoms with Crippen LogP contribution in [0.3, 0.4) is 0 Å². The number of benzene rings is 1. The summed E-state index contributed by atoms with van der Waals surface area (Å²) in [6.07, 6.45) is 1.87. The van der Waals surface area contributed by atoms with Crippen molar-refractivity contribution in [2.75, 3.05) is 6.61 Å². The van der Waals surface area contributed by atoms with E-state index in [2.05, 4.69) is 4.99 Å². The number of nitrogens with zero attached hydrogens (tertiary/aromatic N) is 2. The third-order valence-electron chi connectivity index (χ3n) is 4.47. The number of carbonyl (C=O) groups is 1. The summed E-state index contributed by atoms with van der Waals surface area (Å²) in [7, 11) is 0. The Labute approximate surface area is 169 Å². The second-order valence-electron chi connectivity index (χ2n) is 6.27. The van der Waals surface area contributed by atoms with Gasteiger partial charge in [-0.1, -0.05) is 41.7 Å². The fourth-order valence-electron chi connectivity index (χ4n) is 3.25. The Hall–Kier alpha value is -2.77. The summed E-state index contributed by atoms with van der Waals surface area (Å²) in [6, 6.07) is 10.9. The standard InChI is InChI=1S/C21H18N2O3S2/c1-3-26-20(25)17-13(2)22-21-23(18(17)15-7-5-4-6-8-15)19(24)16(28-21)11-14-9-10-27-12-14/h4-12,18H,3H2,1-2H3/b16-11+. The van der Waals surface area contributed by atoms with Gasteiger partial charge in [0.25, 0.3) is 5.56 Å². The van der Waals surface area contributed by atoms with E-state index in [0.717, 1.165) is 11.1 Å². The molecule has 0 saturated heterocycles. The van der Waals surface area contributed by atoms with E-state index in [4.69, 9.17) is 4.74 Å². The molecule has 28 heavy (non-hydrogen) atoms. The number of ether oxygens (including phenoxy) is 1. The average Bonchev–Trinajstić information content (AvgIpc) is 3.30. The van der Waals surface area contributed by atoms with E-state index >= 15 is 0 Å². The molecule has 3 heterocycles. The predicted molar refractivity (Wildman–Crippen MR) is 111 cm³/mol. The second kappa shape index (κ2) is 7.69. The van der Waals surface area contributed by atoms with Crippen molar-refractivity contribution in [3.8, 4) is 0 Å². The molecule has 0 radical (unpaired) electrons. The number of fused-ring (bicyclic) bond motifs is 1. The zero-order valence-corrected chi connectivity index (χ0v) is 17.0. The van der Waals surface area contributed by atoms with Gasteiger partial charge >= 0.3 is 5.97 Å². The van der Waals surface area contributed by atoms with E-state index < -0.39 is 12.0 Å². The predicted octanol–water partition coefficient (Wildman–Crippen LogP) is 2.86. The fourth-order valence-corrected chi connectivity index (χ4v) is 4.92. The van der Waals surface area contributed by atoms with Gasteiger partial charge in [0, 0.05) is 0 Å². The first-order valence-electron chi connectivity index (χ1n) is 8.87. The highest BCUT2D eigenvalue weighted by Crippen LogP contribution is 2.30. The number of hydrogen-bond acceptors (Lipinski definition) is 6. The first-order chi connectivity index (χ1) is 13.6. The van der Waals surface area contributed by atoms with Gasteiger partial charge in [0.05, 0.1) is 28.5 Å². The smallest absolute Gasteiger partial charge is 0.338 e. The van der Waals surface area contributed by atoms with Gasteiger partial charge in [-0.3, -0.25) is 9.36 Å². The summed E-state index contributed by atoms with van der Waals surface area (Å²) >= 11 is 2.91. The third-order valence-corrected chi connectivity index (χ3v) is 6.16. The number of hydrogen-bond donors (Lipinski definition) is 0. The minimum Gasteiger partial charge on any atom is -0.463 e. The number of esters is 1. The molecule has 0 N–H and O–H groups in total. The maximum atomic E-state index is 13.3. The lowest BCUT2D eigenvalue weighted by atomic mass is 9.96. The molecule has 0 bridgehead atoms. The van der Waals surface area contributed by atoms with Gasteiger partial charge in [-0.05, 0) is 47.9 Å². The molecule has 0 saturated carbocycles. The topological polar surface area (TPSA) is 60.7 Å². The van der Waals surface area contributed by atoms with Crippen molar-refractivity contribution < 1.29 is 9.53 Å². The van der Waals surface area contributed by atoms with Crippen molar-refractivity contribution in [3.63, 3.8) is 0 Å². The van der Waals surface area contributed by atoms with Crippen molar-refractivity contribution in [1.29, 1.82) is 0 Å². The van der Waals surface area contributed by atoms with Crippen LogP contribution in [0.5, 0.6) is 0 Å². The normalized spacial score (nSPS) is 16.6. The minimum atomic E-state index is -0.555. The van der Waals surface area contributed by atoms with Crippen LogP contribution in [0.4, 0.5) is 0 Å². The van der Waals surface area contributed by atoms with Crippen LogP contribution in [0.15, 0.2) is 68.2 Å². The summed E-state index contributed by atoms with van der Waals surface area (Å²) in [5, 5.41) is 3.96. The number of carbonyl (C=O) groups excluding carboxylic acids is 1. The molecular formula is C21H18N2O3S2. The first-order valence-corrected chi connectivity index (χ1v) is 10.6. The molecule has 0 fully saturated rings. The summed E-state index contributed by atoms with van der Waals surface area (Å²) in [6.45, 7) is 3.82. The summed E-state index contributed by atoms with van der Waals surface area (Å²) in [5.74, 6) is -0.440. The zero-order valence-electron chi connectivity index (χ0n) is 15.4. The average molecular weight is 411 g/mol. The number of thiophene rings is 1. The maximum absolute atomic E-state index is 13.3. The molecule has 1 unspecified atom stereocenters. The molecule has 7 heteroatoms. The summed E-state index contributed by atoms with van der Waals surface area (Å²) in [4.78, 5) is 31.1. The van der Waals surface area contributed by atoms with Gasteiger partial charge in [0.2, 0.25) is 0 Å². The number of rotatable bonds is 4. The second-order valence-corrected chi connectivity index (χ2v) is 8.06. The van der Waals surface area contributed by atoms with E-state index in [9.17, 15) is 9.59 Å². The molecule has 1 aliphatic rings. The van der Waals surface area contributed by atoms with Crippen molar-refractivity contribution >= 4 is 34.7 Å². The molecule has 1 aromatic carbocycles. The van der Waals surface area contributed by atoms with Crippen molar-refractivity contribution in [2.45, 2.75) is 19.9 Å². The fraction of sp³-hybridized carbons (Fsp3) is 0.190. The molecule has 142 valence electrons. The lowest BCUT2D eigenvalue weighted by Gasteiger charge is -2.24. The highest BCUT2D eigenvalue weighted by atomic mass is 32.1. The minimum absolute atomic E-state index is 0.155. The Morgan fingerprint density at radius 3 is 2.75 bits per heavy atom.